The lowest BCUT2D eigenvalue weighted by atomic mass is 10.2. The van der Waals surface area contributed by atoms with Gasteiger partial charge >= 0.3 is 5.97 Å². The molecule has 0 spiro atoms. The minimum absolute atomic E-state index is 0.400. The van der Waals surface area contributed by atoms with Crippen LogP contribution in [-0.2, 0) is 11.3 Å². The number of anilines is 1. The molecule has 0 amide bonds. The van der Waals surface area contributed by atoms with Crippen LogP contribution in [0, 0.1) is 6.92 Å². The Morgan fingerprint density at radius 3 is 2.57 bits per heavy atom. The van der Waals surface area contributed by atoms with E-state index in [4.69, 9.17) is 9.47 Å². The highest BCUT2D eigenvalue weighted by atomic mass is 16.5. The first-order valence-corrected chi connectivity index (χ1v) is 6.56. The van der Waals surface area contributed by atoms with Crippen LogP contribution in [0.25, 0.3) is 0 Å². The van der Waals surface area contributed by atoms with E-state index in [-0.39, 0.29) is 0 Å². The van der Waals surface area contributed by atoms with Crippen molar-refractivity contribution < 1.29 is 14.3 Å². The standard InChI is InChI=1S/C16H18N2O3/c1-11-8-14(16(19)21-3)15(17-9-11)18-10-12-4-6-13(20-2)7-5-12/h4-9H,10H2,1-3H3,(H,17,18). The van der Waals surface area contributed by atoms with Crippen molar-refractivity contribution in [3.05, 3.63) is 53.2 Å². The minimum atomic E-state index is -0.400. The SMILES string of the molecule is COC(=O)c1cc(C)cnc1NCc1ccc(OC)cc1. The van der Waals surface area contributed by atoms with E-state index in [1.165, 1.54) is 7.11 Å². The lowest BCUT2D eigenvalue weighted by Crippen LogP contribution is -2.10. The van der Waals surface area contributed by atoms with Crippen molar-refractivity contribution in [1.82, 2.24) is 4.98 Å². The van der Waals surface area contributed by atoms with E-state index in [0.717, 1.165) is 16.9 Å². The molecule has 5 heteroatoms. The number of esters is 1. The average molecular weight is 286 g/mol. The zero-order chi connectivity index (χ0) is 15.2. The molecule has 5 nitrogen and oxygen atoms in total. The highest BCUT2D eigenvalue weighted by Gasteiger charge is 2.13. The Labute approximate surface area is 123 Å². The highest BCUT2D eigenvalue weighted by molar-refractivity contribution is 5.94. The summed E-state index contributed by atoms with van der Waals surface area (Å²) in [5.74, 6) is 0.925. The van der Waals surface area contributed by atoms with E-state index in [9.17, 15) is 4.79 Å². The third kappa shape index (κ3) is 3.72. The highest BCUT2D eigenvalue weighted by Crippen LogP contribution is 2.17. The third-order valence-electron chi connectivity index (χ3n) is 3.05. The van der Waals surface area contributed by atoms with Crippen molar-refractivity contribution in [2.24, 2.45) is 0 Å². The summed E-state index contributed by atoms with van der Waals surface area (Å²) in [6.07, 6.45) is 1.71. The molecule has 0 saturated heterocycles. The minimum Gasteiger partial charge on any atom is -0.497 e. The molecule has 110 valence electrons. The molecule has 2 rings (SSSR count). The van der Waals surface area contributed by atoms with Crippen molar-refractivity contribution in [2.75, 3.05) is 19.5 Å². The number of aryl methyl sites for hydroxylation is 1. The molecule has 1 aromatic heterocycles. The van der Waals surface area contributed by atoms with E-state index >= 15 is 0 Å². The quantitative estimate of drug-likeness (QED) is 0.856. The number of nitrogens with one attached hydrogen (secondary N) is 1. The summed E-state index contributed by atoms with van der Waals surface area (Å²) in [4.78, 5) is 16.0. The Kier molecular flexibility index (Phi) is 4.77. The number of rotatable bonds is 5. The first-order chi connectivity index (χ1) is 10.1. The molecule has 21 heavy (non-hydrogen) atoms. The lowest BCUT2D eigenvalue weighted by Gasteiger charge is -2.11. The molecule has 1 heterocycles. The Morgan fingerprint density at radius 1 is 1.24 bits per heavy atom. The number of methoxy groups -OCH3 is 2. The number of carbonyl (C=O) groups is 1. The molecule has 0 aliphatic carbocycles. The molecule has 0 aliphatic rings. The van der Waals surface area contributed by atoms with Gasteiger partial charge in [0.15, 0.2) is 0 Å². The molecule has 2 aromatic rings. The summed E-state index contributed by atoms with van der Waals surface area (Å²) in [5, 5.41) is 3.16. The second kappa shape index (κ2) is 6.74. The summed E-state index contributed by atoms with van der Waals surface area (Å²) in [6.45, 7) is 2.44. The topological polar surface area (TPSA) is 60.5 Å². The molecular formula is C16H18N2O3. The van der Waals surface area contributed by atoms with Crippen molar-refractivity contribution >= 4 is 11.8 Å². The van der Waals surface area contributed by atoms with Gasteiger partial charge in [-0.2, -0.15) is 0 Å². The van der Waals surface area contributed by atoms with Gasteiger partial charge in [-0.05, 0) is 36.2 Å². The van der Waals surface area contributed by atoms with Crippen LogP contribution in [0.2, 0.25) is 0 Å². The van der Waals surface area contributed by atoms with Gasteiger partial charge in [-0.15, -0.1) is 0 Å². The molecule has 0 aliphatic heterocycles. The van der Waals surface area contributed by atoms with Gasteiger partial charge in [-0.1, -0.05) is 12.1 Å². The number of pyridine rings is 1. The van der Waals surface area contributed by atoms with Gasteiger partial charge in [0.25, 0.3) is 0 Å². The Bertz CT molecular complexity index is 624. The van der Waals surface area contributed by atoms with Gasteiger partial charge < -0.3 is 14.8 Å². The second-order valence-electron chi connectivity index (χ2n) is 4.60. The summed E-state index contributed by atoms with van der Waals surface area (Å²) in [5.41, 5.74) is 2.41. The monoisotopic (exact) mass is 286 g/mol. The Hall–Kier alpha value is -2.56. The summed E-state index contributed by atoms with van der Waals surface area (Å²) in [6, 6.07) is 9.45. The first-order valence-electron chi connectivity index (χ1n) is 6.56. The van der Waals surface area contributed by atoms with Gasteiger partial charge in [0.1, 0.15) is 17.1 Å². The maximum Gasteiger partial charge on any atom is 0.341 e. The van der Waals surface area contributed by atoms with E-state index in [0.29, 0.717) is 17.9 Å². The van der Waals surface area contributed by atoms with Gasteiger partial charge in [-0.3, -0.25) is 0 Å². The Balaban J connectivity index is 2.13. The fraction of sp³-hybridized carbons (Fsp3) is 0.250. The predicted molar refractivity (Wildman–Crippen MR) is 80.6 cm³/mol. The normalized spacial score (nSPS) is 10.0. The second-order valence-corrected chi connectivity index (χ2v) is 4.60. The number of hydrogen-bond donors (Lipinski definition) is 1. The smallest absolute Gasteiger partial charge is 0.341 e. The molecule has 0 radical (unpaired) electrons. The third-order valence-corrected chi connectivity index (χ3v) is 3.05. The van der Waals surface area contributed by atoms with Crippen LogP contribution >= 0.6 is 0 Å². The number of ether oxygens (including phenoxy) is 2. The van der Waals surface area contributed by atoms with Crippen LogP contribution < -0.4 is 10.1 Å². The molecule has 0 atom stereocenters. The zero-order valence-corrected chi connectivity index (χ0v) is 12.3. The number of carbonyl (C=O) groups excluding carboxylic acids is 1. The number of nitrogens with zero attached hydrogens (tertiary/aromatic N) is 1. The van der Waals surface area contributed by atoms with Crippen LogP contribution in [0.3, 0.4) is 0 Å². The van der Waals surface area contributed by atoms with Crippen molar-refractivity contribution in [1.29, 1.82) is 0 Å². The summed E-state index contributed by atoms with van der Waals surface area (Å²) < 4.78 is 9.90. The van der Waals surface area contributed by atoms with Crippen LogP contribution in [0.5, 0.6) is 5.75 Å². The van der Waals surface area contributed by atoms with E-state index in [2.05, 4.69) is 10.3 Å². The van der Waals surface area contributed by atoms with E-state index in [1.807, 2.05) is 31.2 Å². The van der Waals surface area contributed by atoms with Gasteiger partial charge in [0.05, 0.1) is 14.2 Å². The number of hydrogen-bond acceptors (Lipinski definition) is 5. The molecule has 0 unspecified atom stereocenters. The molecule has 0 bridgehead atoms. The Morgan fingerprint density at radius 2 is 1.95 bits per heavy atom. The predicted octanol–water partition coefficient (Wildman–Crippen LogP) is 2.80. The molecule has 0 fully saturated rings. The first kappa shape index (κ1) is 14.8. The fourth-order valence-electron chi connectivity index (χ4n) is 1.90. The van der Waals surface area contributed by atoms with Crippen molar-refractivity contribution in [3.63, 3.8) is 0 Å². The van der Waals surface area contributed by atoms with Crippen LogP contribution in [0.4, 0.5) is 5.82 Å². The van der Waals surface area contributed by atoms with Crippen LogP contribution in [0.15, 0.2) is 36.5 Å². The maximum atomic E-state index is 11.8. The van der Waals surface area contributed by atoms with Crippen LogP contribution in [0.1, 0.15) is 21.5 Å². The van der Waals surface area contributed by atoms with Gasteiger partial charge in [0, 0.05) is 12.7 Å². The maximum absolute atomic E-state index is 11.8. The number of benzene rings is 1. The zero-order valence-electron chi connectivity index (χ0n) is 12.3. The number of aromatic nitrogens is 1. The molecule has 0 saturated carbocycles. The fourth-order valence-corrected chi connectivity index (χ4v) is 1.90. The molecular weight excluding hydrogens is 268 g/mol. The summed E-state index contributed by atoms with van der Waals surface area (Å²) in [7, 11) is 2.99. The summed E-state index contributed by atoms with van der Waals surface area (Å²) >= 11 is 0. The van der Waals surface area contributed by atoms with Crippen molar-refractivity contribution in [3.8, 4) is 5.75 Å². The van der Waals surface area contributed by atoms with Crippen molar-refractivity contribution in [2.45, 2.75) is 13.5 Å². The largest absolute Gasteiger partial charge is 0.497 e. The molecule has 1 N–H and O–H groups in total. The molecule has 1 aromatic carbocycles. The van der Waals surface area contributed by atoms with E-state index in [1.54, 1.807) is 19.4 Å². The van der Waals surface area contributed by atoms with Gasteiger partial charge in [-0.25, -0.2) is 9.78 Å². The van der Waals surface area contributed by atoms with E-state index < -0.39 is 5.97 Å². The lowest BCUT2D eigenvalue weighted by molar-refractivity contribution is 0.0601. The van der Waals surface area contributed by atoms with Gasteiger partial charge in [0.2, 0.25) is 0 Å². The van der Waals surface area contributed by atoms with Crippen LogP contribution in [-0.4, -0.2) is 25.2 Å². The average Bonchev–Trinajstić information content (AvgIpc) is 2.53.